The van der Waals surface area contributed by atoms with E-state index in [4.69, 9.17) is 15.3 Å². The van der Waals surface area contributed by atoms with Crippen LogP contribution in [0.15, 0.2) is 0 Å². The van der Waals surface area contributed by atoms with Gasteiger partial charge in [0.25, 0.3) is 0 Å². The second kappa shape index (κ2) is 2.77. The molecule has 0 unspecified atom stereocenters. The first kappa shape index (κ1) is 8.35. The van der Waals surface area contributed by atoms with Gasteiger partial charge in [0.15, 0.2) is 6.61 Å². The van der Waals surface area contributed by atoms with Crippen molar-refractivity contribution in [3.8, 4) is 0 Å². The molecule has 0 aromatic heterocycles. The Morgan fingerprint density at radius 2 is 2.00 bits per heavy atom. The third-order valence-electron chi connectivity index (χ3n) is 0.469. The highest BCUT2D eigenvalue weighted by Gasteiger charge is 2.19. The fraction of sp³-hybridized carbons (Fsp3) is 0.750. The van der Waals surface area contributed by atoms with Crippen molar-refractivity contribution < 1.29 is 24.9 Å². The van der Waals surface area contributed by atoms with Crippen LogP contribution >= 0.6 is 0 Å². The summed E-state index contributed by atoms with van der Waals surface area (Å²) in [7, 11) is 0. The summed E-state index contributed by atoms with van der Waals surface area (Å²) in [5.41, 5.74) is 0. The minimum atomic E-state index is -2.91. The Morgan fingerprint density at radius 1 is 1.56 bits per heavy atom. The van der Waals surface area contributed by atoms with Gasteiger partial charge in [0.1, 0.15) is 0 Å². The largest absolute Gasteiger partial charge is 0.457 e. The summed E-state index contributed by atoms with van der Waals surface area (Å²) in [6.45, 7) is 0.258. The zero-order valence-corrected chi connectivity index (χ0v) is 4.87. The smallest absolute Gasteiger partial charge is 0.311 e. The lowest BCUT2D eigenvalue weighted by Gasteiger charge is -2.12. The first-order valence-corrected chi connectivity index (χ1v) is 2.22. The van der Waals surface area contributed by atoms with E-state index in [1.54, 1.807) is 0 Å². The molecule has 0 aliphatic heterocycles. The minimum Gasteiger partial charge on any atom is -0.457 e. The topological polar surface area (TPSA) is 87.0 Å². The summed E-state index contributed by atoms with van der Waals surface area (Å²) in [5, 5.41) is 24.3. The molecule has 0 saturated heterocycles. The quantitative estimate of drug-likeness (QED) is 0.307. The third-order valence-corrected chi connectivity index (χ3v) is 0.469. The second-order valence-corrected chi connectivity index (χ2v) is 1.55. The summed E-state index contributed by atoms with van der Waals surface area (Å²) in [6.07, 6.45) is 0. The monoisotopic (exact) mass is 136 g/mol. The molecule has 0 aromatic carbocycles. The molecule has 0 radical (unpaired) electrons. The van der Waals surface area contributed by atoms with Crippen LogP contribution in [0.2, 0.25) is 0 Å². The van der Waals surface area contributed by atoms with Gasteiger partial charge in [-0.3, -0.25) is 4.79 Å². The fourth-order valence-electron chi connectivity index (χ4n) is 0.198. The standard InChI is InChI=1S/C4H8O5/c1-3(5)9-2-4(6,7)8/h6-8H,2H2,1H3. The molecule has 0 atom stereocenters. The third kappa shape index (κ3) is 7.35. The highest BCUT2D eigenvalue weighted by molar-refractivity contribution is 5.65. The van der Waals surface area contributed by atoms with Crippen LogP contribution in [0, 0.1) is 0 Å². The number of ether oxygens (including phenoxy) is 1. The second-order valence-electron chi connectivity index (χ2n) is 1.55. The van der Waals surface area contributed by atoms with E-state index in [2.05, 4.69) is 4.74 Å². The van der Waals surface area contributed by atoms with Crippen LogP contribution in [0.1, 0.15) is 6.92 Å². The molecule has 3 N–H and O–H groups in total. The lowest BCUT2D eigenvalue weighted by molar-refractivity contribution is -0.327. The number of hydrogen-bond acceptors (Lipinski definition) is 5. The van der Waals surface area contributed by atoms with E-state index in [0.29, 0.717) is 0 Å². The average molecular weight is 136 g/mol. The number of carbonyl (C=O) groups excluding carboxylic acids is 1. The number of rotatable bonds is 2. The van der Waals surface area contributed by atoms with E-state index in [0.717, 1.165) is 6.92 Å². The average Bonchev–Trinajstić information content (AvgIpc) is 1.59. The van der Waals surface area contributed by atoms with E-state index < -0.39 is 18.5 Å². The first-order valence-electron chi connectivity index (χ1n) is 2.22. The van der Waals surface area contributed by atoms with Gasteiger partial charge in [0, 0.05) is 6.92 Å². The maximum atomic E-state index is 9.93. The Balaban J connectivity index is 3.39. The number of esters is 1. The van der Waals surface area contributed by atoms with Gasteiger partial charge in [-0.25, -0.2) is 0 Å². The molecule has 0 bridgehead atoms. The van der Waals surface area contributed by atoms with Crippen molar-refractivity contribution in [1.29, 1.82) is 0 Å². The zero-order chi connectivity index (χ0) is 7.49. The van der Waals surface area contributed by atoms with Crippen molar-refractivity contribution in [1.82, 2.24) is 0 Å². The van der Waals surface area contributed by atoms with Crippen molar-refractivity contribution in [3.63, 3.8) is 0 Å². The molecule has 0 amide bonds. The van der Waals surface area contributed by atoms with Gasteiger partial charge in [-0.05, 0) is 0 Å². The Bertz CT molecular complexity index is 102. The lowest BCUT2D eigenvalue weighted by atomic mass is 10.6. The normalized spacial score (nSPS) is 11.1. The molecule has 5 heteroatoms. The van der Waals surface area contributed by atoms with Crippen molar-refractivity contribution in [2.75, 3.05) is 6.61 Å². The van der Waals surface area contributed by atoms with Crippen molar-refractivity contribution in [2.45, 2.75) is 12.9 Å². The molecule has 9 heavy (non-hydrogen) atoms. The number of hydrogen-bond donors (Lipinski definition) is 3. The Kier molecular flexibility index (Phi) is 2.57. The van der Waals surface area contributed by atoms with E-state index >= 15 is 0 Å². The van der Waals surface area contributed by atoms with Gasteiger partial charge in [0.05, 0.1) is 0 Å². The van der Waals surface area contributed by atoms with Crippen LogP contribution in [-0.2, 0) is 9.53 Å². The SMILES string of the molecule is CC(=O)OCC(O)(O)O. The van der Waals surface area contributed by atoms with Crippen LogP contribution in [0.4, 0.5) is 0 Å². The van der Waals surface area contributed by atoms with Crippen molar-refractivity contribution in [3.05, 3.63) is 0 Å². The molecule has 0 aliphatic carbocycles. The predicted octanol–water partition coefficient (Wildman–Crippen LogP) is -1.82. The number of carbonyl (C=O) groups is 1. The van der Waals surface area contributed by atoms with Crippen molar-refractivity contribution in [2.24, 2.45) is 0 Å². The Morgan fingerprint density at radius 3 is 2.11 bits per heavy atom. The summed E-state index contributed by atoms with van der Waals surface area (Å²) in [6, 6.07) is 0. The van der Waals surface area contributed by atoms with Gasteiger partial charge in [0.2, 0.25) is 0 Å². The van der Waals surface area contributed by atoms with Crippen LogP contribution in [0.5, 0.6) is 0 Å². The molecule has 5 nitrogen and oxygen atoms in total. The molecule has 0 rings (SSSR count). The van der Waals surface area contributed by atoms with Gasteiger partial charge in [-0.2, -0.15) is 0 Å². The molecular formula is C4H8O5. The van der Waals surface area contributed by atoms with E-state index in [1.807, 2.05) is 0 Å². The zero-order valence-electron chi connectivity index (χ0n) is 4.87. The highest BCUT2D eigenvalue weighted by atomic mass is 16.7. The maximum absolute atomic E-state index is 9.93. The molecule has 0 aromatic rings. The lowest BCUT2D eigenvalue weighted by Crippen LogP contribution is -2.34. The Labute approximate surface area is 51.5 Å². The van der Waals surface area contributed by atoms with E-state index in [1.165, 1.54) is 0 Å². The van der Waals surface area contributed by atoms with Crippen LogP contribution < -0.4 is 0 Å². The van der Waals surface area contributed by atoms with Gasteiger partial charge in [-0.1, -0.05) is 0 Å². The van der Waals surface area contributed by atoms with Gasteiger partial charge in [-0.15, -0.1) is 0 Å². The van der Waals surface area contributed by atoms with Crippen molar-refractivity contribution >= 4 is 5.97 Å². The number of aliphatic hydroxyl groups is 3. The molecule has 0 aliphatic rings. The van der Waals surface area contributed by atoms with Crippen LogP contribution in [0.3, 0.4) is 0 Å². The predicted molar refractivity (Wildman–Crippen MR) is 26.0 cm³/mol. The summed E-state index contributed by atoms with van der Waals surface area (Å²) in [4.78, 5) is 9.93. The van der Waals surface area contributed by atoms with E-state index in [-0.39, 0.29) is 0 Å². The van der Waals surface area contributed by atoms with Crippen LogP contribution in [-0.4, -0.2) is 33.9 Å². The maximum Gasteiger partial charge on any atom is 0.311 e. The fourth-order valence-corrected chi connectivity index (χ4v) is 0.198. The molecular weight excluding hydrogens is 128 g/mol. The summed E-state index contributed by atoms with van der Waals surface area (Å²) in [5.74, 6) is -3.59. The summed E-state index contributed by atoms with van der Waals surface area (Å²) < 4.78 is 4.02. The first-order chi connectivity index (χ1) is 3.92. The van der Waals surface area contributed by atoms with Crippen LogP contribution in [0.25, 0.3) is 0 Å². The molecule has 54 valence electrons. The molecule has 0 heterocycles. The minimum absolute atomic E-state index is 0.684. The molecule has 0 saturated carbocycles. The van der Waals surface area contributed by atoms with Gasteiger partial charge >= 0.3 is 11.9 Å². The van der Waals surface area contributed by atoms with Gasteiger partial charge < -0.3 is 20.1 Å². The summed E-state index contributed by atoms with van der Waals surface area (Å²) >= 11 is 0. The molecule has 0 fully saturated rings. The Hall–Kier alpha value is -0.650. The highest BCUT2D eigenvalue weighted by Crippen LogP contribution is 1.92. The molecule has 0 spiro atoms. The van der Waals surface area contributed by atoms with E-state index in [9.17, 15) is 4.79 Å².